The number of ether oxygens (including phenoxy) is 1. The molecule has 0 aromatic heterocycles. The molecule has 0 unspecified atom stereocenters. The van der Waals surface area contributed by atoms with E-state index in [1.807, 2.05) is 4.90 Å². The maximum Gasteiger partial charge on any atom is 0.419 e. The highest BCUT2D eigenvalue weighted by atomic mass is 19.4. The molecule has 1 aromatic rings. The van der Waals surface area contributed by atoms with Crippen LogP contribution in [0.5, 0.6) is 0 Å². The van der Waals surface area contributed by atoms with E-state index in [1.165, 1.54) is 0 Å². The predicted molar refractivity (Wildman–Crippen MR) is 70.6 cm³/mol. The van der Waals surface area contributed by atoms with Crippen LogP contribution in [0, 0.1) is 5.82 Å². The van der Waals surface area contributed by atoms with E-state index in [-0.39, 0.29) is 12.1 Å². The van der Waals surface area contributed by atoms with Crippen molar-refractivity contribution in [1.29, 1.82) is 0 Å². The van der Waals surface area contributed by atoms with E-state index in [0.717, 1.165) is 12.1 Å². The lowest BCUT2D eigenvalue weighted by Crippen LogP contribution is -2.41. The quantitative estimate of drug-likeness (QED) is 0.860. The molecule has 122 valence electrons. The number of morpholine rings is 1. The van der Waals surface area contributed by atoms with Gasteiger partial charge in [-0.25, -0.2) is 4.39 Å². The van der Waals surface area contributed by atoms with Crippen LogP contribution in [-0.2, 0) is 15.7 Å². The Balaban J connectivity index is 2.21. The summed E-state index contributed by atoms with van der Waals surface area (Å²) in [5.74, 6) is -2.97. The number of nitrogens with zero attached hydrogens (tertiary/aromatic N) is 1. The molecular formula is C14H16F4N2O2. The summed E-state index contributed by atoms with van der Waals surface area (Å²) in [6, 6.07) is 2.47. The van der Waals surface area contributed by atoms with Crippen LogP contribution < -0.4 is 5.73 Å². The van der Waals surface area contributed by atoms with Gasteiger partial charge in [0.15, 0.2) is 0 Å². The van der Waals surface area contributed by atoms with Gasteiger partial charge in [-0.3, -0.25) is 9.69 Å². The van der Waals surface area contributed by atoms with Gasteiger partial charge in [-0.1, -0.05) is 6.07 Å². The van der Waals surface area contributed by atoms with Gasteiger partial charge in [0.1, 0.15) is 5.82 Å². The second-order valence-corrected chi connectivity index (χ2v) is 5.10. The minimum absolute atomic E-state index is 0.143. The van der Waals surface area contributed by atoms with E-state index >= 15 is 0 Å². The highest BCUT2D eigenvalue weighted by Gasteiger charge is 2.34. The number of primary amides is 1. The van der Waals surface area contributed by atoms with Crippen molar-refractivity contribution in [3.63, 3.8) is 0 Å². The zero-order chi connectivity index (χ0) is 16.3. The summed E-state index contributed by atoms with van der Waals surface area (Å²) in [4.78, 5) is 13.5. The number of amides is 1. The van der Waals surface area contributed by atoms with Crippen molar-refractivity contribution in [3.8, 4) is 0 Å². The van der Waals surface area contributed by atoms with Crippen LogP contribution in [0.4, 0.5) is 17.6 Å². The molecule has 1 saturated heterocycles. The van der Waals surface area contributed by atoms with Crippen molar-refractivity contribution < 1.29 is 27.1 Å². The van der Waals surface area contributed by atoms with Crippen molar-refractivity contribution in [3.05, 3.63) is 35.1 Å². The van der Waals surface area contributed by atoms with Crippen molar-refractivity contribution in [2.24, 2.45) is 5.73 Å². The van der Waals surface area contributed by atoms with Crippen LogP contribution in [0.25, 0.3) is 0 Å². The first kappa shape index (κ1) is 16.7. The Kier molecular flexibility index (Phi) is 5.02. The number of carbonyl (C=O) groups excluding carboxylic acids is 1. The third-order valence-corrected chi connectivity index (χ3v) is 3.59. The summed E-state index contributed by atoms with van der Waals surface area (Å²) in [6.07, 6.45) is -4.77. The van der Waals surface area contributed by atoms with Gasteiger partial charge in [0.2, 0.25) is 5.91 Å². The molecule has 1 fully saturated rings. The minimum Gasteiger partial charge on any atom is -0.379 e. The fraction of sp³-hybridized carbons (Fsp3) is 0.500. The Labute approximate surface area is 124 Å². The van der Waals surface area contributed by atoms with Gasteiger partial charge in [0.25, 0.3) is 0 Å². The molecule has 1 aliphatic heterocycles. The third kappa shape index (κ3) is 3.95. The molecule has 0 saturated carbocycles. The fourth-order valence-electron chi connectivity index (χ4n) is 2.38. The zero-order valence-electron chi connectivity index (χ0n) is 11.7. The van der Waals surface area contributed by atoms with E-state index in [0.29, 0.717) is 32.4 Å². The normalized spacial score (nSPS) is 18.2. The molecule has 1 heterocycles. The van der Waals surface area contributed by atoms with Crippen LogP contribution in [0.3, 0.4) is 0 Å². The topological polar surface area (TPSA) is 55.6 Å². The van der Waals surface area contributed by atoms with Crippen LogP contribution in [0.15, 0.2) is 18.2 Å². The van der Waals surface area contributed by atoms with Crippen molar-refractivity contribution in [2.75, 3.05) is 32.8 Å². The van der Waals surface area contributed by atoms with Gasteiger partial charge in [0, 0.05) is 19.6 Å². The lowest BCUT2D eigenvalue weighted by Gasteiger charge is -2.29. The van der Waals surface area contributed by atoms with E-state index < -0.39 is 29.4 Å². The van der Waals surface area contributed by atoms with Crippen LogP contribution >= 0.6 is 0 Å². The average molecular weight is 320 g/mol. The van der Waals surface area contributed by atoms with Crippen molar-refractivity contribution in [2.45, 2.75) is 12.1 Å². The van der Waals surface area contributed by atoms with Gasteiger partial charge in [-0.05, 0) is 17.7 Å². The monoisotopic (exact) mass is 320 g/mol. The Bertz CT molecular complexity index is 542. The fourth-order valence-corrected chi connectivity index (χ4v) is 2.38. The number of halogens is 4. The Morgan fingerprint density at radius 1 is 1.32 bits per heavy atom. The summed E-state index contributed by atoms with van der Waals surface area (Å²) in [5, 5.41) is 0. The average Bonchev–Trinajstić information content (AvgIpc) is 2.44. The van der Waals surface area contributed by atoms with E-state index in [4.69, 9.17) is 10.5 Å². The van der Waals surface area contributed by atoms with Crippen molar-refractivity contribution >= 4 is 5.91 Å². The standard InChI is InChI=1S/C14H16F4N2O2/c15-12-7-9(1-2-11(12)14(16,17)18)10(13(19)21)8-20-3-5-22-6-4-20/h1-2,7,10H,3-6,8H2,(H2,19,21)/t10-/m1/s1. The molecule has 0 radical (unpaired) electrons. The molecule has 1 aromatic carbocycles. The first-order valence-corrected chi connectivity index (χ1v) is 6.75. The van der Waals surface area contributed by atoms with Crippen LogP contribution in [-0.4, -0.2) is 43.7 Å². The molecule has 2 rings (SSSR count). The number of carbonyl (C=O) groups is 1. The zero-order valence-corrected chi connectivity index (χ0v) is 11.7. The number of nitrogens with two attached hydrogens (primary N) is 1. The molecule has 1 aliphatic rings. The maximum absolute atomic E-state index is 13.6. The second kappa shape index (κ2) is 6.62. The lowest BCUT2D eigenvalue weighted by atomic mass is 9.96. The van der Waals surface area contributed by atoms with Gasteiger partial charge < -0.3 is 10.5 Å². The molecule has 1 atom stereocenters. The maximum atomic E-state index is 13.6. The first-order chi connectivity index (χ1) is 10.3. The van der Waals surface area contributed by atoms with Gasteiger partial charge in [-0.15, -0.1) is 0 Å². The molecular weight excluding hydrogens is 304 g/mol. The van der Waals surface area contributed by atoms with Gasteiger partial charge >= 0.3 is 6.18 Å². The highest BCUT2D eigenvalue weighted by Crippen LogP contribution is 2.32. The third-order valence-electron chi connectivity index (χ3n) is 3.59. The number of hydrogen-bond donors (Lipinski definition) is 1. The summed E-state index contributed by atoms with van der Waals surface area (Å²) in [6.45, 7) is 2.42. The van der Waals surface area contributed by atoms with Crippen LogP contribution in [0.1, 0.15) is 17.0 Å². The molecule has 2 N–H and O–H groups in total. The molecule has 8 heteroatoms. The number of rotatable bonds is 4. The van der Waals surface area contributed by atoms with E-state index in [1.54, 1.807) is 0 Å². The summed E-state index contributed by atoms with van der Waals surface area (Å²) in [5.41, 5.74) is 4.11. The summed E-state index contributed by atoms with van der Waals surface area (Å²) >= 11 is 0. The predicted octanol–water partition coefficient (Wildman–Crippen LogP) is 1.75. The summed E-state index contributed by atoms with van der Waals surface area (Å²) in [7, 11) is 0. The SMILES string of the molecule is NC(=O)[C@H](CN1CCOCC1)c1ccc(C(F)(F)F)c(F)c1. The molecule has 4 nitrogen and oxygen atoms in total. The first-order valence-electron chi connectivity index (χ1n) is 6.75. The molecule has 0 spiro atoms. The van der Waals surface area contributed by atoms with Gasteiger partial charge in [0.05, 0.1) is 24.7 Å². The highest BCUT2D eigenvalue weighted by molar-refractivity contribution is 5.82. The van der Waals surface area contributed by atoms with Crippen LogP contribution in [0.2, 0.25) is 0 Å². The van der Waals surface area contributed by atoms with Gasteiger partial charge in [-0.2, -0.15) is 13.2 Å². The lowest BCUT2D eigenvalue weighted by molar-refractivity contribution is -0.140. The molecule has 0 aliphatic carbocycles. The van der Waals surface area contributed by atoms with Crippen molar-refractivity contribution in [1.82, 2.24) is 4.90 Å². The minimum atomic E-state index is -4.77. The molecule has 1 amide bonds. The second-order valence-electron chi connectivity index (χ2n) is 5.10. The Morgan fingerprint density at radius 3 is 2.45 bits per heavy atom. The van der Waals surface area contributed by atoms with E-state index in [2.05, 4.69) is 0 Å². The largest absolute Gasteiger partial charge is 0.419 e. The number of benzene rings is 1. The summed E-state index contributed by atoms with van der Waals surface area (Å²) < 4.78 is 56.5. The Hall–Kier alpha value is -1.67. The molecule has 0 bridgehead atoms. The van der Waals surface area contributed by atoms with E-state index in [9.17, 15) is 22.4 Å². The number of hydrogen-bond acceptors (Lipinski definition) is 3. The smallest absolute Gasteiger partial charge is 0.379 e. The Morgan fingerprint density at radius 2 is 1.95 bits per heavy atom. The number of alkyl halides is 3. The molecule has 22 heavy (non-hydrogen) atoms.